The van der Waals surface area contributed by atoms with Crippen molar-refractivity contribution < 1.29 is 18.3 Å². The molecule has 2 aromatic rings. The lowest BCUT2D eigenvalue weighted by Gasteiger charge is -2.11. The summed E-state index contributed by atoms with van der Waals surface area (Å²) in [4.78, 5) is 11.9. The second-order valence-electron chi connectivity index (χ2n) is 4.85. The summed E-state index contributed by atoms with van der Waals surface area (Å²) in [6.45, 7) is -2.77. The molecule has 1 amide bonds. The number of rotatable bonds is 7. The number of para-hydroxylation sites is 1. The predicted molar refractivity (Wildman–Crippen MR) is 84.7 cm³/mol. The van der Waals surface area contributed by atoms with Crippen molar-refractivity contribution in [2.24, 2.45) is 0 Å². The van der Waals surface area contributed by atoms with Crippen LogP contribution in [0.15, 0.2) is 48.5 Å². The Bertz CT molecular complexity index is 665. The second kappa shape index (κ2) is 8.48. The summed E-state index contributed by atoms with van der Waals surface area (Å²) < 4.78 is 29.1. The second-order valence-corrected chi connectivity index (χ2v) is 5.26. The zero-order chi connectivity index (χ0) is 16.7. The van der Waals surface area contributed by atoms with Gasteiger partial charge in [-0.1, -0.05) is 48.0 Å². The van der Waals surface area contributed by atoms with Crippen molar-refractivity contribution in [3.05, 3.63) is 64.7 Å². The molecule has 0 radical (unpaired) electrons. The first kappa shape index (κ1) is 17.2. The summed E-state index contributed by atoms with van der Waals surface area (Å²) in [6, 6.07) is 13.7. The molecule has 0 bridgehead atoms. The smallest absolute Gasteiger partial charge is 0.387 e. The molecule has 3 nitrogen and oxygen atoms in total. The van der Waals surface area contributed by atoms with Gasteiger partial charge in [-0.05, 0) is 24.1 Å². The van der Waals surface area contributed by atoms with E-state index in [0.717, 1.165) is 5.56 Å². The lowest BCUT2D eigenvalue weighted by Crippen LogP contribution is -2.23. The van der Waals surface area contributed by atoms with Crippen molar-refractivity contribution in [1.82, 2.24) is 5.32 Å². The minimum atomic E-state index is -2.90. The summed E-state index contributed by atoms with van der Waals surface area (Å²) in [5, 5.41) is 3.32. The lowest BCUT2D eigenvalue weighted by molar-refractivity contribution is -0.121. The SMILES string of the molecule is O=C(CCc1ccccc1Cl)NCc1ccccc1OC(F)F. The largest absolute Gasteiger partial charge is 0.434 e. The molecule has 2 rings (SSSR count). The third kappa shape index (κ3) is 5.53. The molecule has 23 heavy (non-hydrogen) atoms. The number of hydrogen-bond acceptors (Lipinski definition) is 2. The Morgan fingerprint density at radius 2 is 1.74 bits per heavy atom. The molecule has 0 unspecified atom stereocenters. The highest BCUT2D eigenvalue weighted by atomic mass is 35.5. The van der Waals surface area contributed by atoms with Gasteiger partial charge in [-0.15, -0.1) is 0 Å². The third-order valence-corrected chi connectivity index (χ3v) is 3.61. The van der Waals surface area contributed by atoms with Crippen molar-refractivity contribution in [3.63, 3.8) is 0 Å². The van der Waals surface area contributed by atoms with Crippen LogP contribution in [0.2, 0.25) is 5.02 Å². The van der Waals surface area contributed by atoms with E-state index in [1.54, 1.807) is 24.3 Å². The number of benzene rings is 2. The molecule has 2 aromatic carbocycles. The molecule has 0 fully saturated rings. The number of carbonyl (C=O) groups excluding carboxylic acids is 1. The molecule has 0 aliphatic heterocycles. The van der Waals surface area contributed by atoms with Crippen LogP contribution in [0, 0.1) is 0 Å². The van der Waals surface area contributed by atoms with E-state index >= 15 is 0 Å². The molecular weight excluding hydrogens is 324 g/mol. The van der Waals surface area contributed by atoms with Crippen molar-refractivity contribution in [2.45, 2.75) is 26.0 Å². The fourth-order valence-corrected chi connectivity index (χ4v) is 2.32. The van der Waals surface area contributed by atoms with Crippen LogP contribution in [0.4, 0.5) is 8.78 Å². The first-order chi connectivity index (χ1) is 11.1. The van der Waals surface area contributed by atoms with Gasteiger partial charge in [-0.25, -0.2) is 0 Å². The molecule has 0 saturated heterocycles. The molecule has 0 heterocycles. The van der Waals surface area contributed by atoms with Crippen LogP contribution in [0.1, 0.15) is 17.5 Å². The van der Waals surface area contributed by atoms with Gasteiger partial charge in [-0.2, -0.15) is 8.78 Å². The fraction of sp³-hybridized carbons (Fsp3) is 0.235. The molecule has 0 atom stereocenters. The minimum absolute atomic E-state index is 0.0638. The van der Waals surface area contributed by atoms with E-state index in [9.17, 15) is 13.6 Å². The number of nitrogens with one attached hydrogen (secondary N) is 1. The monoisotopic (exact) mass is 339 g/mol. The van der Waals surface area contributed by atoms with E-state index in [1.165, 1.54) is 6.07 Å². The third-order valence-electron chi connectivity index (χ3n) is 3.24. The summed E-state index contributed by atoms with van der Waals surface area (Å²) in [5.74, 6) is -0.120. The number of aryl methyl sites for hydroxylation is 1. The average Bonchev–Trinajstić information content (AvgIpc) is 2.53. The minimum Gasteiger partial charge on any atom is -0.434 e. The Hall–Kier alpha value is -2.14. The van der Waals surface area contributed by atoms with Crippen LogP contribution < -0.4 is 10.1 Å². The maximum absolute atomic E-state index is 12.3. The van der Waals surface area contributed by atoms with Crippen molar-refractivity contribution >= 4 is 17.5 Å². The number of alkyl halides is 2. The van der Waals surface area contributed by atoms with Crippen LogP contribution in [-0.2, 0) is 17.8 Å². The standard InChI is InChI=1S/C17H16ClF2NO2/c18-14-7-3-1-5-12(14)9-10-16(22)21-11-13-6-2-4-8-15(13)23-17(19)20/h1-8,17H,9-11H2,(H,21,22). The summed E-state index contributed by atoms with van der Waals surface area (Å²) >= 11 is 6.03. The molecule has 0 spiro atoms. The summed E-state index contributed by atoms with van der Waals surface area (Å²) in [5.41, 5.74) is 1.39. The van der Waals surface area contributed by atoms with Gasteiger partial charge in [-0.3, -0.25) is 4.79 Å². The first-order valence-corrected chi connectivity index (χ1v) is 7.47. The molecule has 0 aromatic heterocycles. The van der Waals surface area contributed by atoms with E-state index in [1.807, 2.05) is 18.2 Å². The van der Waals surface area contributed by atoms with E-state index in [4.69, 9.17) is 11.6 Å². The average molecular weight is 340 g/mol. The van der Waals surface area contributed by atoms with Gasteiger partial charge in [0.05, 0.1) is 0 Å². The number of amides is 1. The molecular formula is C17H16ClF2NO2. The van der Waals surface area contributed by atoms with Crippen LogP contribution in [-0.4, -0.2) is 12.5 Å². The maximum Gasteiger partial charge on any atom is 0.387 e. The Morgan fingerprint density at radius 3 is 2.43 bits per heavy atom. The summed E-state index contributed by atoms with van der Waals surface area (Å²) in [7, 11) is 0. The van der Waals surface area contributed by atoms with Gasteiger partial charge in [0.1, 0.15) is 5.75 Å². The van der Waals surface area contributed by atoms with Gasteiger partial charge in [0, 0.05) is 23.6 Å². The van der Waals surface area contributed by atoms with Crippen LogP contribution in [0.25, 0.3) is 0 Å². The zero-order valence-electron chi connectivity index (χ0n) is 12.3. The number of carbonyl (C=O) groups is 1. The Labute approximate surface area is 138 Å². The van der Waals surface area contributed by atoms with E-state index < -0.39 is 6.61 Å². The van der Waals surface area contributed by atoms with Crippen molar-refractivity contribution in [2.75, 3.05) is 0 Å². The van der Waals surface area contributed by atoms with Gasteiger partial charge in [0.15, 0.2) is 0 Å². The Morgan fingerprint density at radius 1 is 1.09 bits per heavy atom. The molecule has 0 aliphatic rings. The summed E-state index contributed by atoms with van der Waals surface area (Å²) in [6.07, 6.45) is 0.780. The van der Waals surface area contributed by atoms with Gasteiger partial charge in [0.2, 0.25) is 5.91 Å². The van der Waals surface area contributed by atoms with Gasteiger partial charge in [0.25, 0.3) is 0 Å². The fourth-order valence-electron chi connectivity index (χ4n) is 2.09. The molecule has 1 N–H and O–H groups in total. The van der Waals surface area contributed by atoms with E-state index in [-0.39, 0.29) is 24.6 Å². The number of halogens is 3. The highest BCUT2D eigenvalue weighted by Crippen LogP contribution is 2.20. The highest BCUT2D eigenvalue weighted by Gasteiger charge is 2.10. The number of ether oxygens (including phenoxy) is 1. The first-order valence-electron chi connectivity index (χ1n) is 7.09. The van der Waals surface area contributed by atoms with Crippen molar-refractivity contribution in [1.29, 1.82) is 0 Å². The Balaban J connectivity index is 1.86. The number of hydrogen-bond donors (Lipinski definition) is 1. The Kier molecular flexibility index (Phi) is 6.35. The molecule has 122 valence electrons. The van der Waals surface area contributed by atoms with E-state index in [2.05, 4.69) is 10.1 Å². The van der Waals surface area contributed by atoms with Crippen LogP contribution in [0.5, 0.6) is 5.75 Å². The topological polar surface area (TPSA) is 38.3 Å². The molecule has 0 aliphatic carbocycles. The normalized spacial score (nSPS) is 10.6. The van der Waals surface area contributed by atoms with Gasteiger partial charge < -0.3 is 10.1 Å². The van der Waals surface area contributed by atoms with Crippen LogP contribution in [0.3, 0.4) is 0 Å². The quantitative estimate of drug-likeness (QED) is 0.821. The van der Waals surface area contributed by atoms with E-state index in [0.29, 0.717) is 17.0 Å². The highest BCUT2D eigenvalue weighted by molar-refractivity contribution is 6.31. The lowest BCUT2D eigenvalue weighted by atomic mass is 10.1. The van der Waals surface area contributed by atoms with Crippen molar-refractivity contribution in [3.8, 4) is 5.75 Å². The van der Waals surface area contributed by atoms with Gasteiger partial charge >= 0.3 is 6.61 Å². The maximum atomic E-state index is 12.3. The van der Waals surface area contributed by atoms with Crippen LogP contribution >= 0.6 is 11.6 Å². The molecule has 6 heteroatoms. The zero-order valence-corrected chi connectivity index (χ0v) is 13.0. The predicted octanol–water partition coefficient (Wildman–Crippen LogP) is 4.19. The molecule has 0 saturated carbocycles.